The van der Waals surface area contributed by atoms with E-state index in [0.717, 1.165) is 37.8 Å². The average Bonchev–Trinajstić information content (AvgIpc) is 3.70. The predicted molar refractivity (Wildman–Crippen MR) is 161 cm³/mol. The third-order valence-corrected chi connectivity index (χ3v) is 9.72. The highest BCUT2D eigenvalue weighted by molar-refractivity contribution is 5.94. The van der Waals surface area contributed by atoms with Crippen molar-refractivity contribution in [2.45, 2.75) is 62.7 Å². The maximum atomic E-state index is 16.0. The van der Waals surface area contributed by atoms with Crippen LogP contribution < -0.4 is 9.64 Å². The summed E-state index contributed by atoms with van der Waals surface area (Å²) in [4.78, 5) is 27.9. The fourth-order valence-corrected chi connectivity index (χ4v) is 7.42. The van der Waals surface area contributed by atoms with Gasteiger partial charge in [-0.15, -0.1) is 0 Å². The molecule has 226 valence electrons. The van der Waals surface area contributed by atoms with Gasteiger partial charge in [-0.05, 0) is 74.9 Å². The fraction of sp³-hybridized carbons (Fsp3) is 0.485. The van der Waals surface area contributed by atoms with E-state index >= 15 is 4.39 Å². The van der Waals surface area contributed by atoms with Crippen LogP contribution in [0, 0.1) is 5.82 Å². The van der Waals surface area contributed by atoms with Crippen LogP contribution in [0.5, 0.6) is 11.8 Å². The van der Waals surface area contributed by atoms with Crippen LogP contribution in [0.2, 0.25) is 0 Å². The first kappa shape index (κ1) is 28.0. The molecule has 1 N–H and O–H groups in total. The van der Waals surface area contributed by atoms with Crippen molar-refractivity contribution in [2.24, 2.45) is 0 Å². The van der Waals surface area contributed by atoms with E-state index < -0.39 is 12.0 Å². The monoisotopic (exact) mass is 589 g/mol. The fourth-order valence-electron chi connectivity index (χ4n) is 7.42. The number of rotatable bonds is 7. The summed E-state index contributed by atoms with van der Waals surface area (Å²) in [7, 11) is 0. The number of ether oxygens (including phenoxy) is 1. The van der Waals surface area contributed by atoms with E-state index in [-0.39, 0.29) is 41.4 Å². The molecule has 1 aromatic heterocycles. The van der Waals surface area contributed by atoms with Gasteiger partial charge < -0.3 is 19.6 Å². The summed E-state index contributed by atoms with van der Waals surface area (Å²) in [6, 6.07) is 8.50. The number of aromatic hydroxyl groups is 1. The van der Waals surface area contributed by atoms with Crippen molar-refractivity contribution in [1.82, 2.24) is 19.8 Å². The highest BCUT2D eigenvalue weighted by Crippen LogP contribution is 2.48. The molecule has 3 aliphatic heterocycles. The molecule has 43 heavy (non-hydrogen) atoms. The first-order chi connectivity index (χ1) is 20.8. The Morgan fingerprint density at radius 3 is 2.81 bits per heavy atom. The zero-order valence-electron chi connectivity index (χ0n) is 24.4. The van der Waals surface area contributed by atoms with E-state index in [2.05, 4.69) is 16.4 Å². The molecule has 1 amide bonds. The molecule has 4 fully saturated rings. The molecule has 4 aliphatic rings. The molecule has 7 rings (SSSR count). The molecular weight excluding hydrogens is 552 g/mol. The molecular formula is C33H37F2N5O3. The van der Waals surface area contributed by atoms with Gasteiger partial charge in [-0.25, -0.2) is 8.78 Å². The Bertz CT molecular complexity index is 1600. The van der Waals surface area contributed by atoms with Crippen LogP contribution in [-0.2, 0) is 4.79 Å². The second-order valence-corrected chi connectivity index (χ2v) is 12.6. The number of phenols is 1. The number of fused-ring (bicyclic) bond motifs is 2. The summed E-state index contributed by atoms with van der Waals surface area (Å²) < 4.78 is 36.7. The van der Waals surface area contributed by atoms with E-state index in [1.807, 2.05) is 13.0 Å². The number of benzene rings is 2. The van der Waals surface area contributed by atoms with E-state index in [9.17, 15) is 14.3 Å². The molecule has 0 bridgehead atoms. The number of aromatic nitrogens is 2. The SMILES string of the molecule is C=CC(=O)N1CCN(c2nc(OC[C@@]34CCCN3C[C@H](F)C4)nc3cc(-c4c(O)cccc4C4CC4)c(F)cc23)[C@H](C)C1. The zero-order chi connectivity index (χ0) is 29.9. The van der Waals surface area contributed by atoms with Gasteiger partial charge in [0.1, 0.15) is 30.2 Å². The molecule has 1 saturated carbocycles. The summed E-state index contributed by atoms with van der Waals surface area (Å²) in [5, 5.41) is 11.4. The molecule has 3 saturated heterocycles. The minimum atomic E-state index is -0.878. The lowest BCUT2D eigenvalue weighted by Gasteiger charge is -2.40. The zero-order valence-corrected chi connectivity index (χ0v) is 24.4. The number of piperazine rings is 1. The minimum absolute atomic E-state index is 0.0347. The molecule has 0 spiro atoms. The maximum absolute atomic E-state index is 16.0. The van der Waals surface area contributed by atoms with Gasteiger partial charge >= 0.3 is 6.01 Å². The quantitative estimate of drug-likeness (QED) is 0.380. The summed E-state index contributed by atoms with van der Waals surface area (Å²) >= 11 is 0. The van der Waals surface area contributed by atoms with Gasteiger partial charge in [0.15, 0.2) is 0 Å². The van der Waals surface area contributed by atoms with E-state index in [4.69, 9.17) is 14.7 Å². The lowest BCUT2D eigenvalue weighted by molar-refractivity contribution is -0.126. The van der Waals surface area contributed by atoms with Crippen molar-refractivity contribution in [3.8, 4) is 22.9 Å². The number of hydrogen-bond acceptors (Lipinski definition) is 7. The van der Waals surface area contributed by atoms with E-state index in [0.29, 0.717) is 60.8 Å². The van der Waals surface area contributed by atoms with Crippen molar-refractivity contribution in [3.05, 3.63) is 54.4 Å². The maximum Gasteiger partial charge on any atom is 0.319 e. The number of carbonyl (C=O) groups excluding carboxylic acids is 1. The lowest BCUT2D eigenvalue weighted by Crippen LogP contribution is -2.53. The van der Waals surface area contributed by atoms with Crippen molar-refractivity contribution in [3.63, 3.8) is 0 Å². The van der Waals surface area contributed by atoms with Crippen molar-refractivity contribution < 1.29 is 23.4 Å². The highest BCUT2D eigenvalue weighted by atomic mass is 19.1. The molecule has 10 heteroatoms. The molecule has 1 aliphatic carbocycles. The van der Waals surface area contributed by atoms with E-state index in [1.165, 1.54) is 12.1 Å². The van der Waals surface area contributed by atoms with Gasteiger partial charge in [0, 0.05) is 55.2 Å². The molecule has 0 radical (unpaired) electrons. The third kappa shape index (κ3) is 4.99. The molecule has 8 nitrogen and oxygen atoms in total. The van der Waals surface area contributed by atoms with Gasteiger partial charge in [-0.1, -0.05) is 18.7 Å². The number of alkyl halides is 1. The summed E-state index contributed by atoms with van der Waals surface area (Å²) in [5.74, 6) is 0.261. The Labute approximate surface area is 250 Å². The molecule has 3 atom stereocenters. The van der Waals surface area contributed by atoms with Crippen LogP contribution in [0.3, 0.4) is 0 Å². The normalized spacial score (nSPS) is 25.7. The van der Waals surface area contributed by atoms with Crippen LogP contribution in [0.4, 0.5) is 14.6 Å². The topological polar surface area (TPSA) is 82.0 Å². The van der Waals surface area contributed by atoms with Crippen LogP contribution in [-0.4, -0.2) is 87.9 Å². The lowest BCUT2D eigenvalue weighted by atomic mass is 9.94. The smallest absolute Gasteiger partial charge is 0.319 e. The number of anilines is 1. The summed E-state index contributed by atoms with van der Waals surface area (Å²) in [6.45, 7) is 8.58. The van der Waals surface area contributed by atoms with Crippen molar-refractivity contribution >= 4 is 22.6 Å². The van der Waals surface area contributed by atoms with Gasteiger partial charge in [-0.2, -0.15) is 9.97 Å². The van der Waals surface area contributed by atoms with Crippen molar-refractivity contribution in [1.29, 1.82) is 0 Å². The molecule has 4 heterocycles. The number of nitrogens with zero attached hydrogens (tertiary/aromatic N) is 5. The number of halogens is 2. The predicted octanol–water partition coefficient (Wildman–Crippen LogP) is 5.20. The third-order valence-electron chi connectivity index (χ3n) is 9.72. The Morgan fingerprint density at radius 1 is 1.21 bits per heavy atom. The minimum Gasteiger partial charge on any atom is -0.507 e. The largest absolute Gasteiger partial charge is 0.507 e. The second kappa shape index (κ2) is 10.7. The highest BCUT2D eigenvalue weighted by Gasteiger charge is 2.49. The number of carbonyl (C=O) groups is 1. The van der Waals surface area contributed by atoms with Crippen LogP contribution in [0.15, 0.2) is 43.0 Å². The van der Waals surface area contributed by atoms with Gasteiger partial charge in [0.2, 0.25) is 5.91 Å². The molecule has 3 aromatic rings. The van der Waals surface area contributed by atoms with Gasteiger partial charge in [0.25, 0.3) is 0 Å². The number of hydrogen-bond donors (Lipinski definition) is 1. The number of phenolic OH excluding ortho intramolecular Hbond substituents is 1. The standard InChI is InChI=1S/C33H37F2N5O3/c1-3-29(42)38-12-13-40(20(2)17-38)31-25-14-26(35)24(30-23(21-8-9-21)6-4-7-28(30)41)15-27(25)36-32(37-31)43-19-33-10-5-11-39(33)18-22(34)16-33/h3-4,6-7,14-15,20-22,41H,1,5,8-13,16-19H2,2H3/t20-,22-,33+/m1/s1. The Balaban J connectivity index is 1.30. The van der Waals surface area contributed by atoms with E-state index in [1.54, 1.807) is 23.1 Å². The Morgan fingerprint density at radius 2 is 2.05 bits per heavy atom. The van der Waals surface area contributed by atoms with Crippen molar-refractivity contribution in [2.75, 3.05) is 44.2 Å². The van der Waals surface area contributed by atoms with Gasteiger partial charge in [0.05, 0.1) is 11.1 Å². The first-order valence-corrected chi connectivity index (χ1v) is 15.3. The molecule has 0 unspecified atom stereocenters. The summed E-state index contributed by atoms with van der Waals surface area (Å²) in [6.07, 6.45) is 4.73. The number of amides is 1. The first-order valence-electron chi connectivity index (χ1n) is 15.3. The average molecular weight is 590 g/mol. The molecule has 2 aromatic carbocycles. The summed E-state index contributed by atoms with van der Waals surface area (Å²) in [5.41, 5.74) is 1.84. The van der Waals surface area contributed by atoms with Crippen LogP contribution in [0.25, 0.3) is 22.0 Å². The Hall–Kier alpha value is -3.79. The Kier molecular flexibility index (Phi) is 6.99. The van der Waals surface area contributed by atoms with Gasteiger partial charge in [-0.3, -0.25) is 9.69 Å². The van der Waals surface area contributed by atoms with Crippen LogP contribution in [0.1, 0.15) is 50.5 Å². The second-order valence-electron chi connectivity index (χ2n) is 12.6. The van der Waals surface area contributed by atoms with Crippen LogP contribution >= 0.6 is 0 Å².